The van der Waals surface area contributed by atoms with Gasteiger partial charge in [0.05, 0.1) is 0 Å². The molecule has 0 bridgehead atoms. The van der Waals surface area contributed by atoms with Crippen molar-refractivity contribution in [1.82, 2.24) is 0 Å². The topological polar surface area (TPSA) is 17.1 Å². The zero-order chi connectivity index (χ0) is 14.2. The summed E-state index contributed by atoms with van der Waals surface area (Å²) in [6, 6.07) is 0. The summed E-state index contributed by atoms with van der Waals surface area (Å²) in [4.78, 5) is 12.0. The van der Waals surface area contributed by atoms with Crippen molar-refractivity contribution in [3.05, 3.63) is 0 Å². The van der Waals surface area contributed by atoms with Gasteiger partial charge >= 0.3 is 0 Å². The molecule has 0 aliphatic carbocycles. The average Bonchev–Trinajstić information content (AvgIpc) is 2.42. The molecule has 0 heterocycles. The number of ketones is 1. The fourth-order valence-electron chi connectivity index (χ4n) is 2.21. The lowest BCUT2D eigenvalue weighted by Gasteiger charge is -2.28. The van der Waals surface area contributed by atoms with Crippen molar-refractivity contribution in [2.75, 3.05) is 0 Å². The number of hydrogen-bond acceptors (Lipinski definition) is 1. The highest BCUT2D eigenvalue weighted by molar-refractivity contribution is 5.78. The van der Waals surface area contributed by atoms with Crippen LogP contribution in [0.4, 0.5) is 0 Å². The Morgan fingerprint density at radius 3 is 1.22 bits per heavy atom. The molecule has 0 fully saturated rings. The minimum atomic E-state index is 0.370. The van der Waals surface area contributed by atoms with Gasteiger partial charge in [0.2, 0.25) is 0 Å². The molecule has 0 aromatic heterocycles. The Morgan fingerprint density at radius 2 is 1.00 bits per heavy atom. The van der Waals surface area contributed by atoms with E-state index in [2.05, 4.69) is 41.5 Å². The van der Waals surface area contributed by atoms with Crippen LogP contribution < -0.4 is 0 Å². The van der Waals surface area contributed by atoms with Crippen LogP contribution in [0.2, 0.25) is 0 Å². The molecule has 0 aromatic rings. The summed E-state index contributed by atoms with van der Waals surface area (Å²) in [5.74, 6) is 0.469. The predicted octanol–water partition coefficient (Wildman–Crippen LogP) is 5.77. The molecule has 0 atom stereocenters. The molecule has 0 aliphatic heterocycles. The van der Waals surface area contributed by atoms with E-state index in [0.717, 1.165) is 25.7 Å². The van der Waals surface area contributed by atoms with Crippen molar-refractivity contribution < 1.29 is 4.79 Å². The Balaban J connectivity index is 4.06. The summed E-state index contributed by atoms with van der Waals surface area (Å²) in [6.07, 6.45) is 8.40. The first-order valence-electron chi connectivity index (χ1n) is 7.86. The van der Waals surface area contributed by atoms with E-state index in [9.17, 15) is 4.79 Å². The highest BCUT2D eigenvalue weighted by atomic mass is 16.1. The Hall–Kier alpha value is -0.330. The van der Waals surface area contributed by atoms with Crippen molar-refractivity contribution in [1.29, 1.82) is 0 Å². The van der Waals surface area contributed by atoms with Crippen LogP contribution in [0, 0.1) is 10.8 Å². The number of rotatable bonds is 10. The summed E-state index contributed by atoms with van der Waals surface area (Å²) in [7, 11) is 0. The second-order valence-electron chi connectivity index (χ2n) is 6.57. The Morgan fingerprint density at radius 1 is 0.722 bits per heavy atom. The highest BCUT2D eigenvalue weighted by Crippen LogP contribution is 2.33. The molecule has 0 amide bonds. The van der Waals surface area contributed by atoms with E-state index in [1.807, 2.05) is 0 Å². The molecule has 0 saturated carbocycles. The van der Waals surface area contributed by atoms with E-state index in [1.54, 1.807) is 0 Å². The lowest BCUT2D eigenvalue weighted by Crippen LogP contribution is -2.18. The maximum Gasteiger partial charge on any atom is 0.132 e. The minimum Gasteiger partial charge on any atom is -0.300 e. The van der Waals surface area contributed by atoms with Gasteiger partial charge in [-0.3, -0.25) is 4.79 Å². The van der Waals surface area contributed by atoms with Gasteiger partial charge in [-0.2, -0.15) is 0 Å². The second kappa shape index (κ2) is 7.96. The molecule has 0 unspecified atom stereocenters. The van der Waals surface area contributed by atoms with Gasteiger partial charge in [0.1, 0.15) is 5.78 Å². The third-order valence-corrected chi connectivity index (χ3v) is 5.43. The normalized spacial score (nSPS) is 12.8. The van der Waals surface area contributed by atoms with Crippen molar-refractivity contribution in [2.45, 2.75) is 92.9 Å². The first-order valence-corrected chi connectivity index (χ1v) is 7.86. The fourth-order valence-corrected chi connectivity index (χ4v) is 2.21. The van der Waals surface area contributed by atoms with E-state index in [1.165, 1.54) is 25.7 Å². The Bertz CT molecular complexity index is 210. The van der Waals surface area contributed by atoms with Gasteiger partial charge in [-0.15, -0.1) is 0 Å². The van der Waals surface area contributed by atoms with Crippen LogP contribution in [0.5, 0.6) is 0 Å². The minimum absolute atomic E-state index is 0.370. The van der Waals surface area contributed by atoms with Crippen LogP contribution in [0.15, 0.2) is 0 Å². The number of carbonyl (C=O) groups is 1. The van der Waals surface area contributed by atoms with Crippen LogP contribution >= 0.6 is 0 Å². The molecule has 0 radical (unpaired) electrons. The molecule has 0 saturated heterocycles. The molecule has 108 valence electrons. The largest absolute Gasteiger partial charge is 0.300 e. The molecule has 0 spiro atoms. The summed E-state index contributed by atoms with van der Waals surface area (Å²) < 4.78 is 0. The predicted molar refractivity (Wildman–Crippen MR) is 80.9 cm³/mol. The van der Waals surface area contributed by atoms with Crippen molar-refractivity contribution >= 4 is 5.78 Å². The van der Waals surface area contributed by atoms with E-state index < -0.39 is 0 Å². The zero-order valence-electron chi connectivity index (χ0n) is 13.6. The summed E-state index contributed by atoms with van der Waals surface area (Å²) in [5.41, 5.74) is 0.739. The smallest absolute Gasteiger partial charge is 0.132 e. The van der Waals surface area contributed by atoms with E-state index >= 15 is 0 Å². The van der Waals surface area contributed by atoms with Crippen LogP contribution in [0.25, 0.3) is 0 Å². The summed E-state index contributed by atoms with van der Waals surface area (Å²) in [5, 5.41) is 0. The van der Waals surface area contributed by atoms with Gasteiger partial charge < -0.3 is 0 Å². The molecule has 0 rings (SSSR count). The SMILES string of the molecule is CCC(C)(CC)CCC(=O)CCC(C)(CC)CC. The zero-order valence-corrected chi connectivity index (χ0v) is 13.6. The monoisotopic (exact) mass is 254 g/mol. The number of Topliss-reactive ketones (excluding diaryl/α,β-unsaturated/α-hetero) is 1. The molecule has 1 heteroatoms. The lowest BCUT2D eigenvalue weighted by atomic mass is 9.77. The number of hydrogen-bond donors (Lipinski definition) is 0. The maximum absolute atomic E-state index is 12.0. The van der Waals surface area contributed by atoms with Gasteiger partial charge in [-0.1, -0.05) is 67.2 Å². The summed E-state index contributed by atoms with van der Waals surface area (Å²) in [6.45, 7) is 13.6. The fraction of sp³-hybridized carbons (Fsp3) is 0.941. The lowest BCUT2D eigenvalue weighted by molar-refractivity contribution is -0.120. The highest BCUT2D eigenvalue weighted by Gasteiger charge is 2.23. The van der Waals surface area contributed by atoms with Gasteiger partial charge in [-0.25, -0.2) is 0 Å². The molecule has 1 nitrogen and oxygen atoms in total. The second-order valence-corrected chi connectivity index (χ2v) is 6.57. The van der Waals surface area contributed by atoms with Gasteiger partial charge in [0, 0.05) is 12.8 Å². The van der Waals surface area contributed by atoms with E-state index in [-0.39, 0.29) is 0 Å². The van der Waals surface area contributed by atoms with Crippen LogP contribution in [-0.4, -0.2) is 5.78 Å². The van der Waals surface area contributed by atoms with Gasteiger partial charge in [0.15, 0.2) is 0 Å². The average molecular weight is 254 g/mol. The molecular weight excluding hydrogens is 220 g/mol. The molecule has 18 heavy (non-hydrogen) atoms. The maximum atomic E-state index is 12.0. The van der Waals surface area contributed by atoms with Crippen LogP contribution in [-0.2, 0) is 4.79 Å². The van der Waals surface area contributed by atoms with Crippen molar-refractivity contribution in [3.63, 3.8) is 0 Å². The molecular formula is C17H34O. The van der Waals surface area contributed by atoms with Gasteiger partial charge in [0.25, 0.3) is 0 Å². The molecule has 0 N–H and O–H groups in total. The standard InChI is InChI=1S/C17H34O/c1-7-16(5,8-2)13-11-15(18)12-14-17(6,9-3)10-4/h7-14H2,1-6H3. The third kappa shape index (κ3) is 6.02. The van der Waals surface area contributed by atoms with E-state index in [4.69, 9.17) is 0 Å². The van der Waals surface area contributed by atoms with Crippen LogP contribution in [0.3, 0.4) is 0 Å². The Kier molecular flexibility index (Phi) is 7.82. The quantitative estimate of drug-likeness (QED) is 0.484. The molecule has 0 aromatic carbocycles. The molecule has 0 aliphatic rings. The Labute approximate surface area is 115 Å². The van der Waals surface area contributed by atoms with Crippen molar-refractivity contribution in [3.8, 4) is 0 Å². The van der Waals surface area contributed by atoms with E-state index in [0.29, 0.717) is 16.6 Å². The number of carbonyl (C=O) groups excluding carboxylic acids is 1. The first-order chi connectivity index (χ1) is 8.34. The summed E-state index contributed by atoms with van der Waals surface area (Å²) >= 11 is 0. The first kappa shape index (κ1) is 17.7. The van der Waals surface area contributed by atoms with Gasteiger partial charge in [-0.05, 0) is 23.7 Å². The van der Waals surface area contributed by atoms with Crippen molar-refractivity contribution in [2.24, 2.45) is 10.8 Å². The van der Waals surface area contributed by atoms with Crippen LogP contribution in [0.1, 0.15) is 92.9 Å². The third-order valence-electron chi connectivity index (χ3n) is 5.43.